The Labute approximate surface area is 150 Å². The SMILES string of the molecule is CCN(CCNC(=O)[C@@H]1CC(=O)N(CCOC)C1)c1ccccc1C. The molecular weight excluding hydrogens is 318 g/mol. The van der Waals surface area contributed by atoms with E-state index in [9.17, 15) is 9.59 Å². The van der Waals surface area contributed by atoms with Gasteiger partial charge in [-0.15, -0.1) is 0 Å². The largest absolute Gasteiger partial charge is 0.383 e. The number of nitrogens with one attached hydrogen (secondary N) is 1. The first-order valence-electron chi connectivity index (χ1n) is 8.91. The molecule has 0 bridgehead atoms. The number of likely N-dealkylation sites (N-methyl/N-ethyl adjacent to an activating group) is 1. The Bertz CT molecular complexity index is 591. The standard InChI is InChI=1S/C19H29N3O3/c1-4-21(17-8-6-5-7-15(17)2)10-9-20-19(24)16-13-18(23)22(14-16)11-12-25-3/h5-8,16H,4,9-14H2,1-3H3,(H,20,24)/t16-/m1/s1. The molecule has 1 aromatic carbocycles. The highest BCUT2D eigenvalue weighted by Gasteiger charge is 2.33. The van der Waals surface area contributed by atoms with Crippen LogP contribution in [0.4, 0.5) is 5.69 Å². The quantitative estimate of drug-likeness (QED) is 0.734. The number of rotatable bonds is 9. The van der Waals surface area contributed by atoms with Crippen molar-refractivity contribution in [1.82, 2.24) is 10.2 Å². The molecule has 1 aromatic rings. The van der Waals surface area contributed by atoms with Crippen LogP contribution in [-0.4, -0.2) is 63.2 Å². The second-order valence-corrected chi connectivity index (χ2v) is 6.39. The third-order valence-electron chi connectivity index (χ3n) is 4.67. The number of para-hydroxylation sites is 1. The predicted molar refractivity (Wildman–Crippen MR) is 98.6 cm³/mol. The van der Waals surface area contributed by atoms with Gasteiger partial charge < -0.3 is 19.9 Å². The summed E-state index contributed by atoms with van der Waals surface area (Å²) in [4.78, 5) is 28.2. The summed E-state index contributed by atoms with van der Waals surface area (Å²) in [5, 5.41) is 2.99. The lowest BCUT2D eigenvalue weighted by Gasteiger charge is -2.25. The predicted octanol–water partition coefficient (Wildman–Crippen LogP) is 1.43. The van der Waals surface area contributed by atoms with E-state index in [0.29, 0.717) is 32.7 Å². The topological polar surface area (TPSA) is 61.9 Å². The maximum absolute atomic E-state index is 12.3. The normalized spacial score (nSPS) is 17.0. The second-order valence-electron chi connectivity index (χ2n) is 6.39. The van der Waals surface area contributed by atoms with Gasteiger partial charge in [-0.3, -0.25) is 9.59 Å². The minimum atomic E-state index is -0.252. The first-order valence-corrected chi connectivity index (χ1v) is 8.91. The number of aryl methyl sites for hydroxylation is 1. The first-order chi connectivity index (χ1) is 12.1. The fourth-order valence-corrected chi connectivity index (χ4v) is 3.19. The average Bonchev–Trinajstić information content (AvgIpc) is 2.98. The molecule has 2 rings (SSSR count). The molecule has 1 atom stereocenters. The Hall–Kier alpha value is -2.08. The lowest BCUT2D eigenvalue weighted by atomic mass is 10.1. The van der Waals surface area contributed by atoms with Gasteiger partial charge in [0.15, 0.2) is 0 Å². The average molecular weight is 347 g/mol. The van der Waals surface area contributed by atoms with Crippen molar-refractivity contribution in [2.75, 3.05) is 51.3 Å². The number of hydrogen-bond acceptors (Lipinski definition) is 4. The van der Waals surface area contributed by atoms with Gasteiger partial charge in [-0.1, -0.05) is 18.2 Å². The van der Waals surface area contributed by atoms with Crippen molar-refractivity contribution in [3.05, 3.63) is 29.8 Å². The number of anilines is 1. The van der Waals surface area contributed by atoms with E-state index >= 15 is 0 Å². The monoisotopic (exact) mass is 347 g/mol. The van der Waals surface area contributed by atoms with Crippen LogP contribution in [0.1, 0.15) is 18.9 Å². The van der Waals surface area contributed by atoms with Crippen molar-refractivity contribution < 1.29 is 14.3 Å². The number of nitrogens with zero attached hydrogens (tertiary/aromatic N) is 2. The molecule has 0 unspecified atom stereocenters. The van der Waals surface area contributed by atoms with Gasteiger partial charge in [0.2, 0.25) is 11.8 Å². The van der Waals surface area contributed by atoms with Crippen LogP contribution >= 0.6 is 0 Å². The van der Waals surface area contributed by atoms with E-state index in [1.807, 2.05) is 12.1 Å². The minimum absolute atomic E-state index is 0.0332. The molecule has 1 saturated heterocycles. The van der Waals surface area contributed by atoms with Gasteiger partial charge in [0.25, 0.3) is 0 Å². The molecule has 2 amide bonds. The first kappa shape index (κ1) is 19.2. The summed E-state index contributed by atoms with van der Waals surface area (Å²) in [6, 6.07) is 8.25. The molecule has 25 heavy (non-hydrogen) atoms. The lowest BCUT2D eigenvalue weighted by molar-refractivity contribution is -0.129. The number of hydrogen-bond donors (Lipinski definition) is 1. The van der Waals surface area contributed by atoms with Gasteiger partial charge in [0.05, 0.1) is 12.5 Å². The Kier molecular flexibility index (Phi) is 7.25. The third-order valence-corrected chi connectivity index (χ3v) is 4.67. The summed E-state index contributed by atoms with van der Waals surface area (Å²) < 4.78 is 5.00. The van der Waals surface area contributed by atoms with Crippen molar-refractivity contribution in [3.8, 4) is 0 Å². The van der Waals surface area contributed by atoms with E-state index in [1.165, 1.54) is 11.3 Å². The summed E-state index contributed by atoms with van der Waals surface area (Å²) >= 11 is 0. The van der Waals surface area contributed by atoms with Crippen molar-refractivity contribution in [2.24, 2.45) is 5.92 Å². The fourth-order valence-electron chi connectivity index (χ4n) is 3.19. The number of ether oxygens (including phenoxy) is 1. The molecule has 1 fully saturated rings. The van der Waals surface area contributed by atoms with E-state index < -0.39 is 0 Å². The summed E-state index contributed by atoms with van der Waals surface area (Å²) in [5.74, 6) is -0.251. The zero-order chi connectivity index (χ0) is 18.2. The van der Waals surface area contributed by atoms with Crippen LogP contribution in [0.3, 0.4) is 0 Å². The van der Waals surface area contributed by atoms with Gasteiger partial charge in [-0.25, -0.2) is 0 Å². The second kappa shape index (κ2) is 9.42. The van der Waals surface area contributed by atoms with Crippen LogP contribution in [0, 0.1) is 12.8 Å². The molecule has 6 heteroatoms. The van der Waals surface area contributed by atoms with Gasteiger partial charge >= 0.3 is 0 Å². The van der Waals surface area contributed by atoms with Crippen LogP contribution in [0.5, 0.6) is 0 Å². The molecule has 6 nitrogen and oxygen atoms in total. The number of amides is 2. The highest BCUT2D eigenvalue weighted by molar-refractivity contribution is 5.89. The van der Waals surface area contributed by atoms with Crippen LogP contribution in [-0.2, 0) is 14.3 Å². The number of likely N-dealkylation sites (tertiary alicyclic amines) is 1. The zero-order valence-electron chi connectivity index (χ0n) is 15.5. The van der Waals surface area contributed by atoms with E-state index in [1.54, 1.807) is 12.0 Å². The van der Waals surface area contributed by atoms with Crippen LogP contribution in [0.2, 0.25) is 0 Å². The molecule has 1 aliphatic rings. The zero-order valence-corrected chi connectivity index (χ0v) is 15.5. The highest BCUT2D eigenvalue weighted by Crippen LogP contribution is 2.19. The molecule has 1 N–H and O–H groups in total. The minimum Gasteiger partial charge on any atom is -0.383 e. The maximum atomic E-state index is 12.3. The third kappa shape index (κ3) is 5.19. The Morgan fingerprint density at radius 2 is 2.16 bits per heavy atom. The van der Waals surface area contributed by atoms with E-state index in [4.69, 9.17) is 4.74 Å². The molecule has 0 spiro atoms. The van der Waals surface area contributed by atoms with Crippen molar-refractivity contribution >= 4 is 17.5 Å². The van der Waals surface area contributed by atoms with Crippen LogP contribution < -0.4 is 10.2 Å². The van der Waals surface area contributed by atoms with E-state index in [0.717, 1.165) is 13.1 Å². The van der Waals surface area contributed by atoms with Crippen molar-refractivity contribution in [2.45, 2.75) is 20.3 Å². The number of carbonyl (C=O) groups is 2. The van der Waals surface area contributed by atoms with Crippen molar-refractivity contribution in [3.63, 3.8) is 0 Å². The summed E-state index contributed by atoms with van der Waals surface area (Å²) in [6.45, 7) is 7.95. The smallest absolute Gasteiger partial charge is 0.225 e. The van der Waals surface area contributed by atoms with E-state index in [2.05, 4.69) is 36.2 Å². The number of benzene rings is 1. The summed E-state index contributed by atoms with van der Waals surface area (Å²) in [5.41, 5.74) is 2.42. The Balaban J connectivity index is 1.80. The van der Waals surface area contributed by atoms with Gasteiger partial charge in [-0.2, -0.15) is 0 Å². The van der Waals surface area contributed by atoms with E-state index in [-0.39, 0.29) is 17.7 Å². The molecule has 0 radical (unpaired) electrons. The molecule has 1 aliphatic heterocycles. The molecule has 1 heterocycles. The fraction of sp³-hybridized carbons (Fsp3) is 0.579. The Morgan fingerprint density at radius 3 is 2.84 bits per heavy atom. The van der Waals surface area contributed by atoms with Crippen LogP contribution in [0.25, 0.3) is 0 Å². The van der Waals surface area contributed by atoms with Crippen molar-refractivity contribution in [1.29, 1.82) is 0 Å². The lowest BCUT2D eigenvalue weighted by Crippen LogP contribution is -2.39. The molecule has 0 aliphatic carbocycles. The molecule has 0 saturated carbocycles. The number of methoxy groups -OCH3 is 1. The van der Waals surface area contributed by atoms with Gasteiger partial charge in [0.1, 0.15) is 0 Å². The maximum Gasteiger partial charge on any atom is 0.225 e. The Morgan fingerprint density at radius 1 is 1.40 bits per heavy atom. The summed E-state index contributed by atoms with van der Waals surface area (Å²) in [7, 11) is 1.61. The molecular formula is C19H29N3O3. The highest BCUT2D eigenvalue weighted by atomic mass is 16.5. The summed E-state index contributed by atoms with van der Waals surface area (Å²) in [6.07, 6.45) is 0.296. The van der Waals surface area contributed by atoms with Gasteiger partial charge in [0, 0.05) is 51.9 Å². The number of carbonyl (C=O) groups excluding carboxylic acids is 2. The molecule has 138 valence electrons. The van der Waals surface area contributed by atoms with Crippen LogP contribution in [0.15, 0.2) is 24.3 Å². The molecule has 0 aromatic heterocycles. The van der Waals surface area contributed by atoms with Gasteiger partial charge in [-0.05, 0) is 25.5 Å².